The third-order valence-corrected chi connectivity index (χ3v) is 9.92. The summed E-state index contributed by atoms with van der Waals surface area (Å²) in [5, 5.41) is 0. The van der Waals surface area contributed by atoms with Gasteiger partial charge in [0.2, 0.25) is 0 Å². The minimum atomic E-state index is -0.675. The van der Waals surface area contributed by atoms with E-state index in [9.17, 15) is 9.59 Å². The minimum absolute atomic E-state index is 0.0913. The van der Waals surface area contributed by atoms with E-state index in [0.717, 1.165) is 77.0 Å². The Morgan fingerprint density at radius 1 is 0.833 bits per heavy atom. The SMILES string of the molecule is CCC1(OC(=O)CC2(C(=O)OC3(CC)CCCC3)CC3CC2C(C)C3C)CCCC1. The van der Waals surface area contributed by atoms with Gasteiger partial charge in [0.1, 0.15) is 11.2 Å². The monoisotopic (exact) mass is 418 g/mol. The van der Waals surface area contributed by atoms with Crippen LogP contribution in [0.25, 0.3) is 0 Å². The van der Waals surface area contributed by atoms with Gasteiger partial charge in [-0.15, -0.1) is 0 Å². The smallest absolute Gasteiger partial charge is 0.313 e. The lowest BCUT2D eigenvalue weighted by Crippen LogP contribution is -2.48. The van der Waals surface area contributed by atoms with Crippen LogP contribution in [0.4, 0.5) is 0 Å². The molecule has 4 nitrogen and oxygen atoms in total. The van der Waals surface area contributed by atoms with Gasteiger partial charge in [0, 0.05) is 0 Å². The van der Waals surface area contributed by atoms with Gasteiger partial charge in [0.25, 0.3) is 0 Å². The molecule has 0 aromatic rings. The Kier molecular flexibility index (Phi) is 6.00. The van der Waals surface area contributed by atoms with Crippen molar-refractivity contribution in [2.45, 2.75) is 122 Å². The van der Waals surface area contributed by atoms with Crippen LogP contribution >= 0.6 is 0 Å². The zero-order valence-corrected chi connectivity index (χ0v) is 19.6. The van der Waals surface area contributed by atoms with Crippen molar-refractivity contribution in [1.29, 1.82) is 0 Å². The Morgan fingerprint density at radius 3 is 1.83 bits per heavy atom. The molecule has 4 heteroatoms. The fourth-order valence-corrected chi connectivity index (χ4v) is 7.61. The number of fused-ring (bicyclic) bond motifs is 2. The quantitative estimate of drug-likeness (QED) is 0.461. The normalized spacial score (nSPS) is 38.7. The molecule has 0 N–H and O–H groups in total. The first kappa shape index (κ1) is 22.1. The number of esters is 2. The van der Waals surface area contributed by atoms with Gasteiger partial charge < -0.3 is 9.47 Å². The zero-order valence-electron chi connectivity index (χ0n) is 19.6. The van der Waals surface area contributed by atoms with Gasteiger partial charge in [-0.1, -0.05) is 27.7 Å². The molecule has 5 unspecified atom stereocenters. The van der Waals surface area contributed by atoms with Crippen LogP contribution in [0.3, 0.4) is 0 Å². The fraction of sp³-hybridized carbons (Fsp3) is 0.923. The lowest BCUT2D eigenvalue weighted by atomic mass is 9.64. The fourth-order valence-electron chi connectivity index (χ4n) is 7.61. The van der Waals surface area contributed by atoms with E-state index in [0.29, 0.717) is 17.8 Å². The average molecular weight is 419 g/mol. The van der Waals surface area contributed by atoms with Gasteiger partial charge in [0.15, 0.2) is 0 Å². The van der Waals surface area contributed by atoms with E-state index < -0.39 is 5.41 Å². The van der Waals surface area contributed by atoms with Crippen molar-refractivity contribution in [3.63, 3.8) is 0 Å². The first-order valence-corrected chi connectivity index (χ1v) is 12.7. The van der Waals surface area contributed by atoms with Crippen LogP contribution in [0.15, 0.2) is 0 Å². The maximum absolute atomic E-state index is 13.8. The molecule has 4 aliphatic rings. The van der Waals surface area contributed by atoms with E-state index in [1.807, 2.05) is 0 Å². The number of ether oxygens (including phenoxy) is 2. The van der Waals surface area contributed by atoms with Crippen LogP contribution in [0.5, 0.6) is 0 Å². The summed E-state index contributed by atoms with van der Waals surface area (Å²) in [6.45, 7) is 8.85. The third kappa shape index (κ3) is 3.60. The number of carbonyl (C=O) groups excluding carboxylic acids is 2. The maximum Gasteiger partial charge on any atom is 0.313 e. The van der Waals surface area contributed by atoms with Crippen LogP contribution < -0.4 is 0 Å². The summed E-state index contributed by atoms with van der Waals surface area (Å²) in [7, 11) is 0. The second-order valence-corrected chi connectivity index (χ2v) is 11.2. The molecule has 5 atom stereocenters. The molecule has 2 bridgehead atoms. The molecule has 0 aliphatic heterocycles. The highest BCUT2D eigenvalue weighted by Crippen LogP contribution is 2.63. The van der Waals surface area contributed by atoms with Crippen LogP contribution in [0.1, 0.15) is 111 Å². The molecule has 0 amide bonds. The van der Waals surface area contributed by atoms with Crippen LogP contribution in [0.2, 0.25) is 0 Å². The predicted molar refractivity (Wildman–Crippen MR) is 117 cm³/mol. The number of hydrogen-bond acceptors (Lipinski definition) is 4. The maximum atomic E-state index is 13.8. The largest absolute Gasteiger partial charge is 0.459 e. The Hall–Kier alpha value is -1.06. The summed E-state index contributed by atoms with van der Waals surface area (Å²) in [6.07, 6.45) is 12.2. The van der Waals surface area contributed by atoms with E-state index in [1.165, 1.54) is 0 Å². The van der Waals surface area contributed by atoms with Crippen molar-refractivity contribution >= 4 is 11.9 Å². The van der Waals surface area contributed by atoms with Crippen molar-refractivity contribution in [2.24, 2.45) is 29.1 Å². The standard InChI is InChI=1S/C26H42O4/c1-5-24(11-7-8-12-24)29-22(27)17-26(16-20-15-21(26)19(4)18(20)3)23(28)30-25(6-2)13-9-10-14-25/h18-21H,5-17H2,1-4H3. The summed E-state index contributed by atoms with van der Waals surface area (Å²) >= 11 is 0. The molecule has 0 radical (unpaired) electrons. The highest BCUT2D eigenvalue weighted by molar-refractivity contribution is 5.85. The van der Waals surface area contributed by atoms with Crippen molar-refractivity contribution < 1.29 is 19.1 Å². The Labute approximate surface area is 182 Å². The highest BCUT2D eigenvalue weighted by Gasteiger charge is 2.63. The average Bonchev–Trinajstić information content (AvgIpc) is 3.50. The minimum Gasteiger partial charge on any atom is -0.459 e. The molecule has 30 heavy (non-hydrogen) atoms. The van der Waals surface area contributed by atoms with E-state index in [-0.39, 0.29) is 35.5 Å². The second kappa shape index (κ2) is 8.13. The van der Waals surface area contributed by atoms with Crippen molar-refractivity contribution in [3.05, 3.63) is 0 Å². The Bertz CT molecular complexity index is 656. The lowest BCUT2D eigenvalue weighted by Gasteiger charge is -2.43. The molecule has 4 rings (SSSR count). The molecule has 170 valence electrons. The Morgan fingerprint density at radius 2 is 1.37 bits per heavy atom. The molecule has 0 heterocycles. The first-order chi connectivity index (χ1) is 14.3. The summed E-state index contributed by atoms with van der Waals surface area (Å²) in [5.74, 6) is 1.59. The number of rotatable bonds is 7. The van der Waals surface area contributed by atoms with E-state index in [4.69, 9.17) is 9.47 Å². The topological polar surface area (TPSA) is 52.6 Å². The molecule has 0 saturated heterocycles. The van der Waals surface area contributed by atoms with Gasteiger partial charge in [-0.3, -0.25) is 9.59 Å². The molecular formula is C26H42O4. The van der Waals surface area contributed by atoms with Crippen molar-refractivity contribution in [2.75, 3.05) is 0 Å². The van der Waals surface area contributed by atoms with Crippen LogP contribution in [-0.2, 0) is 19.1 Å². The van der Waals surface area contributed by atoms with Gasteiger partial charge >= 0.3 is 11.9 Å². The predicted octanol–water partition coefficient (Wildman–Crippen LogP) is 6.21. The van der Waals surface area contributed by atoms with Crippen molar-refractivity contribution in [1.82, 2.24) is 0 Å². The summed E-state index contributed by atoms with van der Waals surface area (Å²) in [5.41, 5.74) is -1.28. The first-order valence-electron chi connectivity index (χ1n) is 12.7. The van der Waals surface area contributed by atoms with Gasteiger partial charge in [-0.2, -0.15) is 0 Å². The van der Waals surface area contributed by atoms with Crippen molar-refractivity contribution in [3.8, 4) is 0 Å². The van der Waals surface area contributed by atoms with E-state index in [2.05, 4.69) is 27.7 Å². The van der Waals surface area contributed by atoms with Gasteiger partial charge in [-0.25, -0.2) is 0 Å². The number of hydrogen-bond donors (Lipinski definition) is 0. The van der Waals surface area contributed by atoms with E-state index >= 15 is 0 Å². The molecule has 0 spiro atoms. The Balaban J connectivity index is 1.56. The molecular weight excluding hydrogens is 376 g/mol. The second-order valence-electron chi connectivity index (χ2n) is 11.2. The van der Waals surface area contributed by atoms with Crippen LogP contribution in [-0.4, -0.2) is 23.1 Å². The summed E-state index contributed by atoms with van der Waals surface area (Å²) < 4.78 is 12.5. The summed E-state index contributed by atoms with van der Waals surface area (Å²) in [6, 6.07) is 0. The third-order valence-electron chi connectivity index (χ3n) is 9.92. The molecule has 4 saturated carbocycles. The molecule has 4 fully saturated rings. The molecule has 4 aliphatic carbocycles. The molecule has 0 aromatic heterocycles. The number of carbonyl (C=O) groups is 2. The zero-order chi connectivity index (χ0) is 21.6. The van der Waals surface area contributed by atoms with Crippen LogP contribution in [0, 0.1) is 29.1 Å². The van der Waals surface area contributed by atoms with Gasteiger partial charge in [0.05, 0.1) is 11.8 Å². The van der Waals surface area contributed by atoms with E-state index in [1.54, 1.807) is 0 Å². The van der Waals surface area contributed by atoms with Gasteiger partial charge in [-0.05, 0) is 101 Å². The summed E-state index contributed by atoms with van der Waals surface area (Å²) in [4.78, 5) is 27.1. The molecule has 0 aromatic carbocycles. The highest BCUT2D eigenvalue weighted by atomic mass is 16.6. The lowest BCUT2D eigenvalue weighted by molar-refractivity contribution is -0.186.